The van der Waals surface area contributed by atoms with E-state index in [9.17, 15) is 9.59 Å². The number of pyridine rings is 1. The Bertz CT molecular complexity index is 1280. The van der Waals surface area contributed by atoms with Gasteiger partial charge in [0.2, 0.25) is 0 Å². The Morgan fingerprint density at radius 2 is 1.86 bits per heavy atom. The summed E-state index contributed by atoms with van der Waals surface area (Å²) in [5, 5.41) is 0.578. The summed E-state index contributed by atoms with van der Waals surface area (Å²) in [6.45, 7) is 5.59. The minimum absolute atomic E-state index is 0.0913. The Labute approximate surface area is 161 Å². The zero-order valence-corrected chi connectivity index (χ0v) is 15.8. The van der Waals surface area contributed by atoms with Crippen LogP contribution in [0.25, 0.3) is 16.6 Å². The molecule has 4 rings (SSSR count). The average molecular weight is 375 g/mol. The van der Waals surface area contributed by atoms with Crippen LogP contribution < -0.4 is 11.1 Å². The highest BCUT2D eigenvalue weighted by Gasteiger charge is 2.11. The van der Waals surface area contributed by atoms with Crippen LogP contribution in [0.1, 0.15) is 24.1 Å². The highest BCUT2D eigenvalue weighted by Crippen LogP contribution is 2.10. The minimum atomic E-state index is -0.144. The van der Waals surface area contributed by atoms with Gasteiger partial charge in [-0.3, -0.25) is 18.9 Å². The lowest BCUT2D eigenvalue weighted by Crippen LogP contribution is -2.27. The van der Waals surface area contributed by atoms with E-state index in [1.807, 2.05) is 50.2 Å². The van der Waals surface area contributed by atoms with Crippen molar-refractivity contribution in [3.05, 3.63) is 86.5 Å². The zero-order valence-electron chi connectivity index (χ0n) is 15.8. The Kier molecular flexibility index (Phi) is 4.75. The Hall–Kier alpha value is -3.32. The fourth-order valence-corrected chi connectivity index (χ4v) is 3.37. The molecule has 7 nitrogen and oxygen atoms in total. The molecular formula is C21H21N5O2. The van der Waals surface area contributed by atoms with E-state index in [1.54, 1.807) is 16.5 Å². The molecule has 0 saturated heterocycles. The first-order chi connectivity index (χ1) is 13.5. The summed E-state index contributed by atoms with van der Waals surface area (Å²) >= 11 is 0. The number of hydrogen-bond donors (Lipinski definition) is 1. The molecule has 0 spiro atoms. The van der Waals surface area contributed by atoms with E-state index >= 15 is 0 Å². The maximum atomic E-state index is 12.5. The van der Waals surface area contributed by atoms with E-state index in [2.05, 4.69) is 19.9 Å². The van der Waals surface area contributed by atoms with Crippen molar-refractivity contribution in [1.82, 2.24) is 24.3 Å². The van der Waals surface area contributed by atoms with Gasteiger partial charge in [-0.25, -0.2) is 9.97 Å². The second-order valence-corrected chi connectivity index (χ2v) is 6.78. The number of para-hydroxylation sites is 1. The smallest absolute Gasteiger partial charge is 0.258 e. The summed E-state index contributed by atoms with van der Waals surface area (Å²) in [5.41, 5.74) is 2.62. The van der Waals surface area contributed by atoms with Gasteiger partial charge in [-0.2, -0.15) is 0 Å². The summed E-state index contributed by atoms with van der Waals surface area (Å²) in [6, 6.07) is 14.5. The molecule has 7 heteroatoms. The maximum Gasteiger partial charge on any atom is 0.258 e. The molecule has 3 heterocycles. The highest BCUT2D eigenvalue weighted by molar-refractivity contribution is 5.77. The third-order valence-corrected chi connectivity index (χ3v) is 4.80. The Morgan fingerprint density at radius 3 is 2.68 bits per heavy atom. The van der Waals surface area contributed by atoms with Crippen LogP contribution in [0.15, 0.2) is 58.1 Å². The first-order valence-corrected chi connectivity index (χ1v) is 9.24. The first kappa shape index (κ1) is 18.1. The zero-order chi connectivity index (χ0) is 19.7. The van der Waals surface area contributed by atoms with Crippen LogP contribution in [0.4, 0.5) is 0 Å². The second-order valence-electron chi connectivity index (χ2n) is 6.78. The molecule has 142 valence electrons. The van der Waals surface area contributed by atoms with Crippen molar-refractivity contribution >= 4 is 16.6 Å². The van der Waals surface area contributed by atoms with Crippen LogP contribution in [0.3, 0.4) is 0 Å². The van der Waals surface area contributed by atoms with Gasteiger partial charge in [0.05, 0.1) is 23.1 Å². The third kappa shape index (κ3) is 3.44. The number of aromatic amines is 1. The van der Waals surface area contributed by atoms with Gasteiger partial charge in [-0.05, 0) is 37.7 Å². The van der Waals surface area contributed by atoms with E-state index in [-0.39, 0.29) is 11.1 Å². The fraction of sp³-hybridized carbons (Fsp3) is 0.238. The molecule has 0 bridgehead atoms. The van der Waals surface area contributed by atoms with Gasteiger partial charge < -0.3 is 4.98 Å². The lowest BCUT2D eigenvalue weighted by molar-refractivity contribution is 0.261. The number of aromatic nitrogens is 4. The van der Waals surface area contributed by atoms with Crippen molar-refractivity contribution in [2.75, 3.05) is 6.54 Å². The number of H-pyrrole nitrogens is 1. The molecule has 28 heavy (non-hydrogen) atoms. The molecule has 0 aliphatic carbocycles. The standard InChI is InChI=1S/C21H21N5O2/c1-3-25(13-18-23-17-9-5-4-8-16(17)21(28)24-18)12-15-11-20(27)26-14(2)7-6-10-19(26)22-15/h4-11H,3,12-13H2,1-2H3,(H,23,24,28). The van der Waals surface area contributed by atoms with Gasteiger partial charge in [0.15, 0.2) is 0 Å². The lowest BCUT2D eigenvalue weighted by Gasteiger charge is -2.19. The third-order valence-electron chi connectivity index (χ3n) is 4.80. The van der Waals surface area contributed by atoms with E-state index in [0.29, 0.717) is 41.2 Å². The van der Waals surface area contributed by atoms with Crippen LogP contribution in [-0.4, -0.2) is 30.8 Å². The Balaban J connectivity index is 1.63. The molecule has 0 amide bonds. The monoisotopic (exact) mass is 375 g/mol. The summed E-state index contributed by atoms with van der Waals surface area (Å²) in [6.07, 6.45) is 0. The molecule has 0 fully saturated rings. The summed E-state index contributed by atoms with van der Waals surface area (Å²) in [4.78, 5) is 38.9. The van der Waals surface area contributed by atoms with E-state index in [4.69, 9.17) is 0 Å². The van der Waals surface area contributed by atoms with Crippen molar-refractivity contribution < 1.29 is 0 Å². The number of benzene rings is 1. The van der Waals surface area contributed by atoms with Gasteiger partial charge >= 0.3 is 0 Å². The molecule has 1 N–H and O–H groups in total. The number of fused-ring (bicyclic) bond motifs is 2. The normalized spacial score (nSPS) is 11.5. The van der Waals surface area contributed by atoms with E-state index in [1.165, 1.54) is 0 Å². The largest absolute Gasteiger partial charge is 0.309 e. The first-order valence-electron chi connectivity index (χ1n) is 9.24. The van der Waals surface area contributed by atoms with Crippen molar-refractivity contribution in [2.24, 2.45) is 0 Å². The molecule has 0 unspecified atom stereocenters. The summed E-state index contributed by atoms with van der Waals surface area (Å²) in [5.74, 6) is 0.596. The van der Waals surface area contributed by atoms with Crippen LogP contribution in [0, 0.1) is 6.92 Å². The number of nitrogens with zero attached hydrogens (tertiary/aromatic N) is 4. The number of hydrogen-bond acceptors (Lipinski definition) is 5. The number of rotatable bonds is 5. The molecule has 1 aromatic carbocycles. The lowest BCUT2D eigenvalue weighted by atomic mass is 10.2. The van der Waals surface area contributed by atoms with Crippen LogP contribution in [0.2, 0.25) is 0 Å². The van der Waals surface area contributed by atoms with Crippen LogP contribution >= 0.6 is 0 Å². The predicted molar refractivity (Wildman–Crippen MR) is 108 cm³/mol. The molecule has 0 aliphatic heterocycles. The van der Waals surface area contributed by atoms with Gasteiger partial charge in [0.1, 0.15) is 11.5 Å². The molecule has 4 aromatic rings. The van der Waals surface area contributed by atoms with E-state index < -0.39 is 0 Å². The van der Waals surface area contributed by atoms with Gasteiger partial charge in [-0.1, -0.05) is 25.1 Å². The highest BCUT2D eigenvalue weighted by atomic mass is 16.1. The molecule has 3 aromatic heterocycles. The average Bonchev–Trinajstić information content (AvgIpc) is 2.67. The molecular weight excluding hydrogens is 354 g/mol. The molecule has 0 atom stereocenters. The second kappa shape index (κ2) is 7.36. The summed E-state index contributed by atoms with van der Waals surface area (Å²) in [7, 11) is 0. The van der Waals surface area contributed by atoms with Gasteiger partial charge in [0, 0.05) is 18.3 Å². The molecule has 0 saturated carbocycles. The predicted octanol–water partition coefficient (Wildman–Crippen LogP) is 2.26. The fourth-order valence-electron chi connectivity index (χ4n) is 3.37. The Morgan fingerprint density at radius 1 is 1.04 bits per heavy atom. The topological polar surface area (TPSA) is 83.4 Å². The minimum Gasteiger partial charge on any atom is -0.309 e. The van der Waals surface area contributed by atoms with Crippen molar-refractivity contribution in [3.63, 3.8) is 0 Å². The molecule has 0 aliphatic rings. The van der Waals surface area contributed by atoms with Crippen LogP contribution in [-0.2, 0) is 13.1 Å². The summed E-state index contributed by atoms with van der Waals surface area (Å²) < 4.78 is 1.60. The SMILES string of the molecule is CCN(Cc1cc(=O)n2c(C)cccc2n1)Cc1nc2ccccc2c(=O)[nH]1. The maximum absolute atomic E-state index is 12.5. The number of nitrogens with one attached hydrogen (secondary N) is 1. The van der Waals surface area contributed by atoms with Crippen molar-refractivity contribution in [1.29, 1.82) is 0 Å². The van der Waals surface area contributed by atoms with Crippen LogP contribution in [0.5, 0.6) is 0 Å². The van der Waals surface area contributed by atoms with Gasteiger partial charge in [0.25, 0.3) is 11.1 Å². The quantitative estimate of drug-likeness (QED) is 0.578. The number of aryl methyl sites for hydroxylation is 1. The van der Waals surface area contributed by atoms with Crippen molar-refractivity contribution in [3.8, 4) is 0 Å². The van der Waals surface area contributed by atoms with Crippen molar-refractivity contribution in [2.45, 2.75) is 26.9 Å². The molecule has 0 radical (unpaired) electrons. The van der Waals surface area contributed by atoms with Gasteiger partial charge in [-0.15, -0.1) is 0 Å². The van der Waals surface area contributed by atoms with E-state index in [0.717, 1.165) is 12.2 Å².